The molecule has 1 fully saturated rings. The summed E-state index contributed by atoms with van der Waals surface area (Å²) in [5.74, 6) is -0.0796. The molecule has 1 aromatic carbocycles. The standard InChI is InChI=1S/C17H20N2O3S2/c1-18-13-9-11-19(12-10-13)17(20)15-7-8-16(23-15)24(21,22)14-5-3-2-4-6-14/h2-8,13,18H,9-12H2,1H3. The van der Waals surface area contributed by atoms with E-state index in [1.54, 1.807) is 41.3 Å². The van der Waals surface area contributed by atoms with Gasteiger partial charge >= 0.3 is 0 Å². The van der Waals surface area contributed by atoms with Crippen LogP contribution in [-0.4, -0.2) is 45.4 Å². The van der Waals surface area contributed by atoms with E-state index in [4.69, 9.17) is 0 Å². The van der Waals surface area contributed by atoms with Crippen molar-refractivity contribution >= 4 is 27.1 Å². The molecule has 2 heterocycles. The number of carbonyl (C=O) groups excluding carboxylic acids is 1. The number of hydrogen-bond acceptors (Lipinski definition) is 5. The van der Waals surface area contributed by atoms with Crippen molar-refractivity contribution in [1.29, 1.82) is 0 Å². The fraction of sp³-hybridized carbons (Fsp3) is 0.353. The molecule has 24 heavy (non-hydrogen) atoms. The number of rotatable bonds is 4. The van der Waals surface area contributed by atoms with Crippen LogP contribution in [0, 0.1) is 0 Å². The molecule has 0 spiro atoms. The first-order valence-corrected chi connectivity index (χ1v) is 10.2. The summed E-state index contributed by atoms with van der Waals surface area (Å²) in [7, 11) is -1.62. The number of hydrogen-bond donors (Lipinski definition) is 1. The summed E-state index contributed by atoms with van der Waals surface area (Å²) in [6.07, 6.45) is 1.84. The van der Waals surface area contributed by atoms with Crippen molar-refractivity contribution in [2.75, 3.05) is 20.1 Å². The number of amides is 1. The molecule has 0 atom stereocenters. The van der Waals surface area contributed by atoms with Gasteiger partial charge in [0.25, 0.3) is 5.91 Å². The zero-order valence-corrected chi connectivity index (χ0v) is 15.1. The summed E-state index contributed by atoms with van der Waals surface area (Å²) in [6, 6.07) is 11.9. The Kier molecular flexibility index (Phi) is 5.03. The average molecular weight is 364 g/mol. The molecule has 1 aromatic heterocycles. The molecular weight excluding hydrogens is 344 g/mol. The number of likely N-dealkylation sites (tertiary alicyclic amines) is 1. The molecule has 1 saturated heterocycles. The molecule has 5 nitrogen and oxygen atoms in total. The van der Waals surface area contributed by atoms with Crippen molar-refractivity contribution in [1.82, 2.24) is 10.2 Å². The SMILES string of the molecule is CNC1CCN(C(=O)c2ccc(S(=O)(=O)c3ccccc3)s2)CC1. The molecule has 1 aliphatic heterocycles. The predicted octanol–water partition coefficient (Wildman–Crippen LogP) is 2.40. The number of nitrogens with zero attached hydrogens (tertiary/aromatic N) is 1. The van der Waals surface area contributed by atoms with Crippen LogP contribution in [0.3, 0.4) is 0 Å². The number of thiophene rings is 1. The highest BCUT2D eigenvalue weighted by Gasteiger charge is 2.26. The molecular formula is C17H20N2O3S2. The summed E-state index contributed by atoms with van der Waals surface area (Å²) in [6.45, 7) is 1.39. The van der Waals surface area contributed by atoms with Gasteiger partial charge in [0.1, 0.15) is 4.21 Å². The Balaban J connectivity index is 1.77. The van der Waals surface area contributed by atoms with E-state index in [1.165, 1.54) is 6.07 Å². The van der Waals surface area contributed by atoms with Crippen molar-refractivity contribution in [3.63, 3.8) is 0 Å². The van der Waals surface area contributed by atoms with Crippen LogP contribution in [0.1, 0.15) is 22.5 Å². The summed E-state index contributed by atoms with van der Waals surface area (Å²) >= 11 is 1.05. The minimum absolute atomic E-state index is 0.0796. The first kappa shape index (κ1) is 17.1. The Morgan fingerprint density at radius 1 is 1.12 bits per heavy atom. The zero-order chi connectivity index (χ0) is 17.2. The van der Waals surface area contributed by atoms with E-state index >= 15 is 0 Å². The van der Waals surface area contributed by atoms with Crippen molar-refractivity contribution in [3.05, 3.63) is 47.3 Å². The average Bonchev–Trinajstić information content (AvgIpc) is 3.13. The molecule has 7 heteroatoms. The number of carbonyl (C=O) groups is 1. The zero-order valence-electron chi connectivity index (χ0n) is 13.4. The summed E-state index contributed by atoms with van der Waals surface area (Å²) in [5, 5.41) is 3.23. The normalized spacial score (nSPS) is 16.3. The lowest BCUT2D eigenvalue weighted by molar-refractivity contribution is 0.0712. The number of nitrogens with one attached hydrogen (secondary N) is 1. The highest BCUT2D eigenvalue weighted by Crippen LogP contribution is 2.29. The van der Waals surface area contributed by atoms with Crippen LogP contribution < -0.4 is 5.32 Å². The molecule has 3 rings (SSSR count). The third-order valence-corrected chi connectivity index (χ3v) is 7.64. The maximum atomic E-state index is 12.6. The molecule has 0 aliphatic carbocycles. The van der Waals surface area contributed by atoms with Crippen LogP contribution in [0.25, 0.3) is 0 Å². The monoisotopic (exact) mass is 364 g/mol. The molecule has 2 aromatic rings. The largest absolute Gasteiger partial charge is 0.338 e. The van der Waals surface area contributed by atoms with Gasteiger partial charge in [-0.1, -0.05) is 18.2 Å². The van der Waals surface area contributed by atoms with Crippen LogP contribution in [-0.2, 0) is 9.84 Å². The van der Waals surface area contributed by atoms with Gasteiger partial charge in [-0.2, -0.15) is 0 Å². The Hall–Kier alpha value is -1.70. The third-order valence-electron chi connectivity index (χ3n) is 4.30. The number of piperidine rings is 1. The van der Waals surface area contributed by atoms with Crippen LogP contribution in [0.2, 0.25) is 0 Å². The highest BCUT2D eigenvalue weighted by molar-refractivity contribution is 7.93. The van der Waals surface area contributed by atoms with Gasteiger partial charge in [0.15, 0.2) is 0 Å². The Labute approximate surface area is 146 Å². The van der Waals surface area contributed by atoms with Gasteiger partial charge in [0, 0.05) is 19.1 Å². The van der Waals surface area contributed by atoms with E-state index in [-0.39, 0.29) is 15.0 Å². The molecule has 1 aliphatic rings. The second kappa shape index (κ2) is 7.04. The molecule has 1 amide bonds. The van der Waals surface area contributed by atoms with Crippen LogP contribution >= 0.6 is 11.3 Å². The van der Waals surface area contributed by atoms with Crippen LogP contribution in [0.5, 0.6) is 0 Å². The first-order chi connectivity index (χ1) is 11.5. The minimum Gasteiger partial charge on any atom is -0.338 e. The maximum Gasteiger partial charge on any atom is 0.263 e. The van der Waals surface area contributed by atoms with Crippen molar-refractivity contribution in [2.24, 2.45) is 0 Å². The molecule has 0 unspecified atom stereocenters. The third kappa shape index (κ3) is 3.38. The summed E-state index contributed by atoms with van der Waals surface area (Å²) < 4.78 is 25.4. The number of benzene rings is 1. The second-order valence-corrected chi connectivity index (χ2v) is 9.05. The lowest BCUT2D eigenvalue weighted by Gasteiger charge is -2.31. The fourth-order valence-corrected chi connectivity index (χ4v) is 5.52. The fourth-order valence-electron chi connectivity index (χ4n) is 2.82. The van der Waals surface area contributed by atoms with Crippen molar-refractivity contribution < 1.29 is 13.2 Å². The van der Waals surface area contributed by atoms with Gasteiger partial charge in [-0.25, -0.2) is 8.42 Å². The summed E-state index contributed by atoms with van der Waals surface area (Å²) in [5.41, 5.74) is 0. The molecule has 0 bridgehead atoms. The van der Waals surface area contributed by atoms with Crippen LogP contribution in [0.15, 0.2) is 51.6 Å². The quantitative estimate of drug-likeness (QED) is 0.905. The highest BCUT2D eigenvalue weighted by atomic mass is 32.2. The van der Waals surface area contributed by atoms with Crippen molar-refractivity contribution in [3.8, 4) is 0 Å². The van der Waals surface area contributed by atoms with Gasteiger partial charge < -0.3 is 10.2 Å². The van der Waals surface area contributed by atoms with E-state index in [1.807, 2.05) is 7.05 Å². The molecule has 1 N–H and O–H groups in total. The molecule has 0 saturated carbocycles. The smallest absolute Gasteiger partial charge is 0.263 e. The Bertz CT molecular complexity index is 807. The van der Waals surface area contributed by atoms with Gasteiger partial charge in [0.05, 0.1) is 9.77 Å². The topological polar surface area (TPSA) is 66.5 Å². The molecule has 128 valence electrons. The van der Waals surface area contributed by atoms with Gasteiger partial charge in [0.2, 0.25) is 9.84 Å². The van der Waals surface area contributed by atoms with Gasteiger partial charge in [-0.05, 0) is 44.2 Å². The summed E-state index contributed by atoms with van der Waals surface area (Å²) in [4.78, 5) is 15.1. The van der Waals surface area contributed by atoms with E-state index < -0.39 is 9.84 Å². The maximum absolute atomic E-state index is 12.6. The van der Waals surface area contributed by atoms with E-state index in [0.29, 0.717) is 24.0 Å². The van der Waals surface area contributed by atoms with Gasteiger partial charge in [-0.3, -0.25) is 4.79 Å². The first-order valence-electron chi connectivity index (χ1n) is 7.89. The van der Waals surface area contributed by atoms with E-state index in [0.717, 1.165) is 24.2 Å². The van der Waals surface area contributed by atoms with Crippen molar-refractivity contribution in [2.45, 2.75) is 28.0 Å². The predicted molar refractivity (Wildman–Crippen MR) is 94.2 cm³/mol. The Morgan fingerprint density at radius 2 is 1.79 bits per heavy atom. The van der Waals surface area contributed by atoms with E-state index in [2.05, 4.69) is 5.32 Å². The Morgan fingerprint density at radius 3 is 2.42 bits per heavy atom. The van der Waals surface area contributed by atoms with E-state index in [9.17, 15) is 13.2 Å². The second-order valence-electron chi connectivity index (χ2n) is 5.79. The lowest BCUT2D eigenvalue weighted by Crippen LogP contribution is -2.43. The van der Waals surface area contributed by atoms with Crippen LogP contribution in [0.4, 0.5) is 0 Å². The number of sulfone groups is 1. The lowest BCUT2D eigenvalue weighted by atomic mass is 10.1. The molecule has 0 radical (unpaired) electrons. The van der Waals surface area contributed by atoms with Gasteiger partial charge in [-0.15, -0.1) is 11.3 Å². The minimum atomic E-state index is -3.56.